The smallest absolute Gasteiger partial charge is 0.137 e. The molecule has 0 radical (unpaired) electrons. The Hall–Kier alpha value is -3.75. The van der Waals surface area contributed by atoms with Crippen molar-refractivity contribution in [3.63, 3.8) is 0 Å². The van der Waals surface area contributed by atoms with E-state index in [0.717, 1.165) is 49.8 Å². The van der Waals surface area contributed by atoms with Gasteiger partial charge in [0, 0.05) is 39.3 Å². The van der Waals surface area contributed by atoms with E-state index in [2.05, 4.69) is 77.7 Å². The van der Waals surface area contributed by atoms with E-state index in [4.69, 9.17) is 16.0 Å². The molecule has 1 aromatic heterocycles. The predicted molar refractivity (Wildman–Crippen MR) is 131 cm³/mol. The molecule has 0 N–H and O–H groups in total. The second kappa shape index (κ2) is 7.19. The minimum absolute atomic E-state index is 0.706. The van der Waals surface area contributed by atoms with Gasteiger partial charge in [0.05, 0.1) is 5.02 Å². The van der Waals surface area contributed by atoms with Crippen LogP contribution in [0.1, 0.15) is 0 Å². The molecule has 0 spiro atoms. The van der Waals surface area contributed by atoms with Crippen molar-refractivity contribution in [2.24, 2.45) is 0 Å². The highest BCUT2D eigenvalue weighted by Gasteiger charge is 2.17. The Morgan fingerprint density at radius 1 is 0.516 bits per heavy atom. The van der Waals surface area contributed by atoms with E-state index in [-0.39, 0.29) is 0 Å². The molecule has 3 heteroatoms. The highest BCUT2D eigenvalue weighted by atomic mass is 35.5. The summed E-state index contributed by atoms with van der Waals surface area (Å²) in [5, 5.41) is 5.02. The van der Waals surface area contributed by atoms with Crippen LogP contribution in [0.4, 0.5) is 17.1 Å². The Balaban J connectivity index is 1.65. The van der Waals surface area contributed by atoms with Gasteiger partial charge in [0.25, 0.3) is 0 Å². The van der Waals surface area contributed by atoms with Gasteiger partial charge in [0.15, 0.2) is 0 Å². The van der Waals surface area contributed by atoms with Crippen molar-refractivity contribution in [3.8, 4) is 0 Å². The SMILES string of the molecule is Clc1cc2oc3ccc(N(c4ccccc4)c4ccccc4)cc3c2c2ccccc12. The van der Waals surface area contributed by atoms with Crippen LogP contribution in [0.3, 0.4) is 0 Å². The normalized spacial score (nSPS) is 11.4. The average molecular weight is 420 g/mol. The van der Waals surface area contributed by atoms with Crippen LogP contribution < -0.4 is 4.90 Å². The summed E-state index contributed by atoms with van der Waals surface area (Å²) >= 11 is 6.54. The van der Waals surface area contributed by atoms with Gasteiger partial charge in [-0.15, -0.1) is 0 Å². The standard InChI is InChI=1S/C28H18ClNO/c29-25-18-27-28(23-14-8-7-13-22(23)25)24-17-21(15-16-26(24)31-27)30(19-9-3-1-4-10-19)20-11-5-2-6-12-20/h1-18H. The number of para-hydroxylation sites is 2. The van der Waals surface area contributed by atoms with Crippen molar-refractivity contribution in [3.05, 3.63) is 114 Å². The van der Waals surface area contributed by atoms with Gasteiger partial charge in [0.1, 0.15) is 11.2 Å². The highest BCUT2D eigenvalue weighted by Crippen LogP contribution is 2.41. The number of rotatable bonds is 3. The van der Waals surface area contributed by atoms with E-state index in [0.29, 0.717) is 5.02 Å². The van der Waals surface area contributed by atoms with Crippen LogP contribution in [0.15, 0.2) is 114 Å². The van der Waals surface area contributed by atoms with Crippen molar-refractivity contribution in [2.75, 3.05) is 4.90 Å². The first kappa shape index (κ1) is 18.1. The summed E-state index contributed by atoms with van der Waals surface area (Å²) in [6.45, 7) is 0. The molecule has 0 aliphatic heterocycles. The largest absolute Gasteiger partial charge is 0.456 e. The molecule has 0 bridgehead atoms. The van der Waals surface area contributed by atoms with Crippen molar-refractivity contribution < 1.29 is 4.42 Å². The van der Waals surface area contributed by atoms with Gasteiger partial charge in [-0.25, -0.2) is 0 Å². The molecule has 31 heavy (non-hydrogen) atoms. The lowest BCUT2D eigenvalue weighted by molar-refractivity contribution is 0.669. The molecule has 0 aliphatic carbocycles. The Labute approximate surface area is 184 Å². The van der Waals surface area contributed by atoms with Gasteiger partial charge in [-0.3, -0.25) is 0 Å². The third kappa shape index (κ3) is 2.96. The summed E-state index contributed by atoms with van der Waals surface area (Å²) in [4.78, 5) is 2.26. The fourth-order valence-corrected chi connectivity index (χ4v) is 4.59. The van der Waals surface area contributed by atoms with E-state index in [1.165, 1.54) is 0 Å². The minimum atomic E-state index is 0.706. The van der Waals surface area contributed by atoms with Crippen LogP contribution in [-0.4, -0.2) is 0 Å². The Morgan fingerprint density at radius 3 is 1.81 bits per heavy atom. The van der Waals surface area contributed by atoms with Crippen LogP contribution in [0, 0.1) is 0 Å². The molecule has 6 rings (SSSR count). The number of furan rings is 1. The van der Waals surface area contributed by atoms with E-state index in [1.54, 1.807) is 0 Å². The number of fused-ring (bicyclic) bond motifs is 5. The second-order valence-electron chi connectivity index (χ2n) is 7.57. The van der Waals surface area contributed by atoms with E-state index < -0.39 is 0 Å². The maximum absolute atomic E-state index is 6.54. The van der Waals surface area contributed by atoms with Crippen molar-refractivity contribution in [1.29, 1.82) is 0 Å². The molecule has 0 saturated carbocycles. The Kier molecular flexibility index (Phi) is 4.19. The fourth-order valence-electron chi connectivity index (χ4n) is 4.33. The Bertz CT molecular complexity index is 1500. The number of benzene rings is 5. The molecule has 0 saturated heterocycles. The molecule has 0 atom stereocenters. The zero-order chi connectivity index (χ0) is 20.8. The van der Waals surface area contributed by atoms with Gasteiger partial charge in [-0.2, -0.15) is 0 Å². The van der Waals surface area contributed by atoms with Crippen LogP contribution in [0.25, 0.3) is 32.7 Å². The number of hydrogen-bond acceptors (Lipinski definition) is 2. The summed E-state index contributed by atoms with van der Waals surface area (Å²) < 4.78 is 6.18. The van der Waals surface area contributed by atoms with Crippen LogP contribution in [0.5, 0.6) is 0 Å². The molecular weight excluding hydrogens is 402 g/mol. The van der Waals surface area contributed by atoms with Gasteiger partial charge < -0.3 is 9.32 Å². The molecule has 5 aromatic carbocycles. The molecule has 148 valence electrons. The monoisotopic (exact) mass is 419 g/mol. The molecule has 0 amide bonds. The third-order valence-electron chi connectivity index (χ3n) is 5.70. The first-order valence-electron chi connectivity index (χ1n) is 10.2. The molecule has 0 unspecified atom stereocenters. The van der Waals surface area contributed by atoms with Crippen molar-refractivity contribution in [2.45, 2.75) is 0 Å². The molecule has 1 heterocycles. The summed E-state index contributed by atoms with van der Waals surface area (Å²) in [5.74, 6) is 0. The van der Waals surface area contributed by atoms with Crippen molar-refractivity contribution >= 4 is 61.4 Å². The molecule has 6 aromatic rings. The number of anilines is 3. The van der Waals surface area contributed by atoms with Crippen LogP contribution in [-0.2, 0) is 0 Å². The molecule has 0 fully saturated rings. The van der Waals surface area contributed by atoms with E-state index in [1.807, 2.05) is 36.4 Å². The zero-order valence-corrected chi connectivity index (χ0v) is 17.4. The maximum Gasteiger partial charge on any atom is 0.137 e. The lowest BCUT2D eigenvalue weighted by atomic mass is 10.0. The summed E-state index contributed by atoms with van der Waals surface area (Å²) in [7, 11) is 0. The predicted octanol–water partition coefficient (Wildman–Crippen LogP) is 8.86. The van der Waals surface area contributed by atoms with Gasteiger partial charge >= 0.3 is 0 Å². The van der Waals surface area contributed by atoms with Gasteiger partial charge in [-0.05, 0) is 47.9 Å². The maximum atomic E-state index is 6.54. The molecular formula is C28H18ClNO. The number of nitrogens with zero attached hydrogens (tertiary/aromatic N) is 1. The average Bonchev–Trinajstić information content (AvgIpc) is 3.18. The number of halogens is 1. The lowest BCUT2D eigenvalue weighted by Gasteiger charge is -2.25. The molecule has 0 aliphatic rings. The first-order chi connectivity index (χ1) is 15.3. The third-order valence-corrected chi connectivity index (χ3v) is 6.01. The number of hydrogen-bond donors (Lipinski definition) is 0. The van der Waals surface area contributed by atoms with Crippen LogP contribution >= 0.6 is 11.6 Å². The van der Waals surface area contributed by atoms with E-state index >= 15 is 0 Å². The van der Waals surface area contributed by atoms with Crippen molar-refractivity contribution in [1.82, 2.24) is 0 Å². The zero-order valence-electron chi connectivity index (χ0n) is 16.6. The lowest BCUT2D eigenvalue weighted by Crippen LogP contribution is -2.09. The molecule has 2 nitrogen and oxygen atoms in total. The van der Waals surface area contributed by atoms with Crippen LogP contribution in [0.2, 0.25) is 5.02 Å². The Morgan fingerprint density at radius 2 is 1.13 bits per heavy atom. The summed E-state index contributed by atoms with van der Waals surface area (Å²) in [6, 6.07) is 37.3. The second-order valence-corrected chi connectivity index (χ2v) is 7.97. The quantitative estimate of drug-likeness (QED) is 0.284. The van der Waals surface area contributed by atoms with Gasteiger partial charge in [0.2, 0.25) is 0 Å². The summed E-state index contributed by atoms with van der Waals surface area (Å²) in [5.41, 5.74) is 4.95. The fraction of sp³-hybridized carbons (Fsp3) is 0. The van der Waals surface area contributed by atoms with Gasteiger partial charge in [-0.1, -0.05) is 72.3 Å². The highest BCUT2D eigenvalue weighted by molar-refractivity contribution is 6.38. The summed E-state index contributed by atoms with van der Waals surface area (Å²) in [6.07, 6.45) is 0. The van der Waals surface area contributed by atoms with E-state index in [9.17, 15) is 0 Å². The first-order valence-corrected chi connectivity index (χ1v) is 10.6. The topological polar surface area (TPSA) is 16.4 Å². The minimum Gasteiger partial charge on any atom is -0.456 e.